The molecular weight excluding hydrogens is 250 g/mol. The summed E-state index contributed by atoms with van der Waals surface area (Å²) in [6.07, 6.45) is 5.45. The van der Waals surface area contributed by atoms with E-state index >= 15 is 0 Å². The first-order chi connectivity index (χ1) is 9.63. The monoisotopic (exact) mass is 281 g/mol. The molecule has 0 spiro atoms. The number of hydrogen-bond acceptors (Lipinski definition) is 3. The summed E-state index contributed by atoms with van der Waals surface area (Å²) in [6.45, 7) is 9.74. The van der Waals surface area contributed by atoms with Crippen molar-refractivity contribution in [2.75, 3.05) is 39.8 Å². The summed E-state index contributed by atoms with van der Waals surface area (Å²) in [4.78, 5) is 17.5. The predicted molar refractivity (Wildman–Crippen MR) is 82.7 cm³/mol. The van der Waals surface area contributed by atoms with Crippen molar-refractivity contribution in [1.82, 2.24) is 15.1 Å². The van der Waals surface area contributed by atoms with E-state index < -0.39 is 0 Å². The minimum Gasteiger partial charge on any atom is -0.342 e. The number of nitrogens with zero attached hydrogens (tertiary/aromatic N) is 2. The van der Waals surface area contributed by atoms with Crippen molar-refractivity contribution in [3.63, 3.8) is 0 Å². The minimum absolute atomic E-state index is 0.130. The van der Waals surface area contributed by atoms with Gasteiger partial charge in [-0.25, -0.2) is 0 Å². The molecule has 1 amide bonds. The van der Waals surface area contributed by atoms with Gasteiger partial charge in [-0.15, -0.1) is 0 Å². The lowest BCUT2D eigenvalue weighted by Crippen LogP contribution is -2.51. The highest BCUT2D eigenvalue weighted by molar-refractivity contribution is 5.83. The van der Waals surface area contributed by atoms with Crippen LogP contribution in [0.4, 0.5) is 0 Å². The molecule has 116 valence electrons. The number of rotatable bonds is 5. The van der Waals surface area contributed by atoms with Crippen LogP contribution in [0.3, 0.4) is 0 Å². The second-order valence-corrected chi connectivity index (χ2v) is 6.55. The fourth-order valence-electron chi connectivity index (χ4n) is 3.77. The van der Waals surface area contributed by atoms with Gasteiger partial charge < -0.3 is 15.1 Å². The highest BCUT2D eigenvalue weighted by atomic mass is 16.2. The third-order valence-electron chi connectivity index (χ3n) is 5.34. The molecule has 4 heteroatoms. The van der Waals surface area contributed by atoms with Gasteiger partial charge in [0.1, 0.15) is 0 Å². The standard InChI is InChI=1S/C16H31N3O/c1-4-10-19-11-6-14(7-12-19)18(3)15(20)16(5-2)8-9-17-13-16/h14,17H,4-13H2,1-3H3. The Morgan fingerprint density at radius 3 is 2.55 bits per heavy atom. The Kier molecular flexibility index (Phi) is 5.44. The molecule has 2 rings (SSSR count). The first kappa shape index (κ1) is 15.8. The second kappa shape index (κ2) is 6.90. The molecule has 0 bridgehead atoms. The molecule has 4 nitrogen and oxygen atoms in total. The molecule has 0 radical (unpaired) electrons. The molecule has 1 atom stereocenters. The van der Waals surface area contributed by atoms with Crippen molar-refractivity contribution < 1.29 is 4.79 Å². The molecule has 1 N–H and O–H groups in total. The highest BCUT2D eigenvalue weighted by Gasteiger charge is 2.42. The summed E-state index contributed by atoms with van der Waals surface area (Å²) in [7, 11) is 2.03. The van der Waals surface area contributed by atoms with Crippen molar-refractivity contribution in [3.05, 3.63) is 0 Å². The fraction of sp³-hybridized carbons (Fsp3) is 0.938. The summed E-state index contributed by atoms with van der Waals surface area (Å²) >= 11 is 0. The topological polar surface area (TPSA) is 35.6 Å². The molecule has 0 aliphatic carbocycles. The van der Waals surface area contributed by atoms with Crippen LogP contribution in [0, 0.1) is 5.41 Å². The maximum absolute atomic E-state index is 12.9. The number of hydrogen-bond donors (Lipinski definition) is 1. The molecule has 20 heavy (non-hydrogen) atoms. The largest absolute Gasteiger partial charge is 0.342 e. The maximum atomic E-state index is 12.9. The molecule has 0 aromatic heterocycles. The smallest absolute Gasteiger partial charge is 0.230 e. The molecule has 2 heterocycles. The molecular formula is C16H31N3O. The molecule has 2 aliphatic rings. The van der Waals surface area contributed by atoms with Crippen LogP contribution in [0.2, 0.25) is 0 Å². The zero-order valence-corrected chi connectivity index (χ0v) is 13.5. The van der Waals surface area contributed by atoms with E-state index in [-0.39, 0.29) is 5.41 Å². The van der Waals surface area contributed by atoms with Crippen molar-refractivity contribution in [2.24, 2.45) is 5.41 Å². The third-order valence-corrected chi connectivity index (χ3v) is 5.34. The number of likely N-dealkylation sites (tertiary alicyclic amines) is 1. The van der Waals surface area contributed by atoms with Crippen LogP contribution in [-0.2, 0) is 4.79 Å². The summed E-state index contributed by atoms with van der Waals surface area (Å²) in [6, 6.07) is 0.444. The van der Waals surface area contributed by atoms with Gasteiger partial charge in [-0.05, 0) is 45.2 Å². The molecule has 1 unspecified atom stereocenters. The molecule has 0 aromatic rings. The normalized spacial score (nSPS) is 28.8. The van der Waals surface area contributed by atoms with Gasteiger partial charge in [0.2, 0.25) is 5.91 Å². The third kappa shape index (κ3) is 3.17. The minimum atomic E-state index is -0.130. The Labute approximate surface area is 123 Å². The lowest BCUT2D eigenvalue weighted by Gasteiger charge is -2.40. The van der Waals surface area contributed by atoms with Crippen LogP contribution >= 0.6 is 0 Å². The van der Waals surface area contributed by atoms with E-state index in [0.29, 0.717) is 11.9 Å². The SMILES string of the molecule is CCCN1CCC(N(C)C(=O)C2(CC)CCNC2)CC1. The van der Waals surface area contributed by atoms with E-state index in [2.05, 4.69) is 29.0 Å². The molecule has 0 aromatic carbocycles. The maximum Gasteiger partial charge on any atom is 0.230 e. The number of carbonyl (C=O) groups is 1. The number of amides is 1. The van der Waals surface area contributed by atoms with Crippen LogP contribution in [0.5, 0.6) is 0 Å². The first-order valence-corrected chi connectivity index (χ1v) is 8.33. The van der Waals surface area contributed by atoms with Gasteiger partial charge in [-0.2, -0.15) is 0 Å². The van der Waals surface area contributed by atoms with Crippen LogP contribution in [0.15, 0.2) is 0 Å². The van der Waals surface area contributed by atoms with E-state index in [0.717, 1.165) is 51.9 Å². The van der Waals surface area contributed by atoms with Gasteiger partial charge >= 0.3 is 0 Å². The molecule has 2 aliphatic heterocycles. The van der Waals surface area contributed by atoms with Gasteiger partial charge in [0.15, 0.2) is 0 Å². The number of nitrogens with one attached hydrogen (secondary N) is 1. The van der Waals surface area contributed by atoms with Gasteiger partial charge in [-0.3, -0.25) is 4.79 Å². The number of carbonyl (C=O) groups excluding carboxylic acids is 1. The average molecular weight is 281 g/mol. The van der Waals surface area contributed by atoms with E-state index in [1.807, 2.05) is 7.05 Å². The summed E-state index contributed by atoms with van der Waals surface area (Å²) in [5.74, 6) is 0.374. The average Bonchev–Trinajstić information content (AvgIpc) is 2.97. The van der Waals surface area contributed by atoms with Gasteiger partial charge in [0.05, 0.1) is 5.41 Å². The Hall–Kier alpha value is -0.610. The van der Waals surface area contributed by atoms with E-state index in [1.54, 1.807) is 0 Å². The Morgan fingerprint density at radius 2 is 2.05 bits per heavy atom. The molecule has 0 saturated carbocycles. The second-order valence-electron chi connectivity index (χ2n) is 6.55. The Balaban J connectivity index is 1.91. The summed E-state index contributed by atoms with van der Waals surface area (Å²) in [5, 5.41) is 3.37. The van der Waals surface area contributed by atoms with Crippen LogP contribution in [-0.4, -0.2) is 61.5 Å². The summed E-state index contributed by atoms with van der Waals surface area (Å²) < 4.78 is 0. The Morgan fingerprint density at radius 1 is 1.35 bits per heavy atom. The lowest BCUT2D eigenvalue weighted by atomic mass is 9.82. The van der Waals surface area contributed by atoms with E-state index in [4.69, 9.17) is 0 Å². The zero-order chi connectivity index (χ0) is 14.6. The van der Waals surface area contributed by atoms with Gasteiger partial charge in [0.25, 0.3) is 0 Å². The van der Waals surface area contributed by atoms with Crippen molar-refractivity contribution in [2.45, 2.75) is 52.0 Å². The van der Waals surface area contributed by atoms with Crippen LogP contribution in [0.25, 0.3) is 0 Å². The van der Waals surface area contributed by atoms with E-state index in [9.17, 15) is 4.79 Å². The van der Waals surface area contributed by atoms with E-state index in [1.165, 1.54) is 13.0 Å². The Bertz CT molecular complexity index is 318. The quantitative estimate of drug-likeness (QED) is 0.833. The zero-order valence-electron chi connectivity index (χ0n) is 13.5. The lowest BCUT2D eigenvalue weighted by molar-refractivity contribution is -0.143. The first-order valence-electron chi connectivity index (χ1n) is 8.33. The van der Waals surface area contributed by atoms with Crippen LogP contribution < -0.4 is 5.32 Å². The molecule has 2 saturated heterocycles. The molecule has 2 fully saturated rings. The summed E-state index contributed by atoms with van der Waals surface area (Å²) in [5.41, 5.74) is -0.130. The number of piperidine rings is 1. The van der Waals surface area contributed by atoms with Crippen molar-refractivity contribution >= 4 is 5.91 Å². The predicted octanol–water partition coefficient (Wildman–Crippen LogP) is 1.71. The van der Waals surface area contributed by atoms with Gasteiger partial charge in [-0.1, -0.05) is 13.8 Å². The van der Waals surface area contributed by atoms with Gasteiger partial charge in [0, 0.05) is 32.7 Å². The fourth-order valence-corrected chi connectivity index (χ4v) is 3.77. The van der Waals surface area contributed by atoms with Crippen molar-refractivity contribution in [1.29, 1.82) is 0 Å². The van der Waals surface area contributed by atoms with Crippen molar-refractivity contribution in [3.8, 4) is 0 Å². The van der Waals surface area contributed by atoms with Crippen LogP contribution in [0.1, 0.15) is 46.0 Å². The highest BCUT2D eigenvalue weighted by Crippen LogP contribution is 2.33.